The number of aromatic carboxylic acids is 1. The van der Waals surface area contributed by atoms with Gasteiger partial charge in [0.05, 0.1) is 17.4 Å². The van der Waals surface area contributed by atoms with Crippen LogP contribution in [-0.2, 0) is 0 Å². The van der Waals surface area contributed by atoms with Crippen molar-refractivity contribution in [3.63, 3.8) is 0 Å². The molecule has 2 N–H and O–H groups in total. The summed E-state index contributed by atoms with van der Waals surface area (Å²) in [5, 5.41) is 16.2. The fourth-order valence-corrected chi connectivity index (χ4v) is 1.96. The SMILES string of the molecule is O=C(O)c1cnn(-c2ccc(Nc3ccccc3)cc2)c1. The molecule has 0 aliphatic rings. The standard InChI is InChI=1S/C16H13N3O2/c20-16(21)12-10-17-19(11-12)15-8-6-14(7-9-15)18-13-4-2-1-3-5-13/h1-11,18H,(H,20,21). The minimum atomic E-state index is -0.983. The second kappa shape index (κ2) is 5.50. The molecule has 0 bridgehead atoms. The van der Waals surface area contributed by atoms with Crippen molar-refractivity contribution in [1.29, 1.82) is 0 Å². The maximum atomic E-state index is 10.8. The average Bonchev–Trinajstić information content (AvgIpc) is 2.99. The van der Waals surface area contributed by atoms with Crippen LogP contribution in [0.2, 0.25) is 0 Å². The van der Waals surface area contributed by atoms with E-state index in [0.717, 1.165) is 17.1 Å². The minimum Gasteiger partial charge on any atom is -0.478 e. The van der Waals surface area contributed by atoms with Crippen LogP contribution in [-0.4, -0.2) is 20.9 Å². The highest BCUT2D eigenvalue weighted by Crippen LogP contribution is 2.18. The van der Waals surface area contributed by atoms with Crippen molar-refractivity contribution in [1.82, 2.24) is 9.78 Å². The lowest BCUT2D eigenvalue weighted by Gasteiger charge is -2.07. The highest BCUT2D eigenvalue weighted by atomic mass is 16.4. The van der Waals surface area contributed by atoms with Crippen LogP contribution in [0.15, 0.2) is 67.0 Å². The highest BCUT2D eigenvalue weighted by molar-refractivity contribution is 5.87. The maximum Gasteiger partial charge on any atom is 0.338 e. The molecule has 0 spiro atoms. The van der Waals surface area contributed by atoms with E-state index >= 15 is 0 Å². The van der Waals surface area contributed by atoms with Crippen LogP contribution in [0, 0.1) is 0 Å². The van der Waals surface area contributed by atoms with Crippen molar-refractivity contribution in [3.8, 4) is 5.69 Å². The third kappa shape index (κ3) is 2.92. The summed E-state index contributed by atoms with van der Waals surface area (Å²) in [6.45, 7) is 0. The smallest absolute Gasteiger partial charge is 0.338 e. The van der Waals surface area contributed by atoms with Gasteiger partial charge in [0.15, 0.2) is 0 Å². The lowest BCUT2D eigenvalue weighted by Crippen LogP contribution is -1.96. The summed E-state index contributed by atoms with van der Waals surface area (Å²) >= 11 is 0. The van der Waals surface area contributed by atoms with Crippen molar-refractivity contribution >= 4 is 17.3 Å². The van der Waals surface area contributed by atoms with Gasteiger partial charge in [-0.25, -0.2) is 9.48 Å². The minimum absolute atomic E-state index is 0.168. The van der Waals surface area contributed by atoms with Crippen LogP contribution in [0.4, 0.5) is 11.4 Å². The number of carbonyl (C=O) groups is 1. The van der Waals surface area contributed by atoms with Gasteiger partial charge in [-0.1, -0.05) is 18.2 Å². The van der Waals surface area contributed by atoms with Crippen molar-refractivity contribution in [2.75, 3.05) is 5.32 Å². The Morgan fingerprint density at radius 2 is 1.67 bits per heavy atom. The Bertz CT molecular complexity index is 749. The van der Waals surface area contributed by atoms with Crippen molar-refractivity contribution in [3.05, 3.63) is 72.6 Å². The van der Waals surface area contributed by atoms with Gasteiger partial charge in [0, 0.05) is 17.6 Å². The zero-order valence-electron chi connectivity index (χ0n) is 11.1. The van der Waals surface area contributed by atoms with Gasteiger partial charge in [-0.2, -0.15) is 5.10 Å². The van der Waals surface area contributed by atoms with E-state index in [9.17, 15) is 4.79 Å². The number of benzene rings is 2. The molecule has 1 aromatic heterocycles. The van der Waals surface area contributed by atoms with Crippen LogP contribution in [0.1, 0.15) is 10.4 Å². The van der Waals surface area contributed by atoms with Gasteiger partial charge in [-0.3, -0.25) is 0 Å². The summed E-state index contributed by atoms with van der Waals surface area (Å²) in [4.78, 5) is 10.8. The predicted molar refractivity (Wildman–Crippen MR) is 80.2 cm³/mol. The summed E-state index contributed by atoms with van der Waals surface area (Å²) in [5.41, 5.74) is 2.94. The molecule has 21 heavy (non-hydrogen) atoms. The van der Waals surface area contributed by atoms with Crippen LogP contribution in [0.25, 0.3) is 5.69 Å². The van der Waals surface area contributed by atoms with Gasteiger partial charge < -0.3 is 10.4 Å². The van der Waals surface area contributed by atoms with Gasteiger partial charge in [0.1, 0.15) is 0 Å². The molecule has 3 aromatic rings. The molecule has 0 unspecified atom stereocenters. The number of hydrogen-bond donors (Lipinski definition) is 2. The molecule has 0 atom stereocenters. The molecule has 3 rings (SSSR count). The quantitative estimate of drug-likeness (QED) is 0.768. The molecule has 0 saturated heterocycles. The largest absolute Gasteiger partial charge is 0.478 e. The molecule has 0 fully saturated rings. The molecule has 5 nitrogen and oxygen atoms in total. The monoisotopic (exact) mass is 279 g/mol. The first-order valence-corrected chi connectivity index (χ1v) is 6.43. The van der Waals surface area contributed by atoms with Crippen molar-refractivity contribution in [2.45, 2.75) is 0 Å². The normalized spacial score (nSPS) is 10.3. The number of rotatable bonds is 4. The number of nitrogens with one attached hydrogen (secondary N) is 1. The maximum absolute atomic E-state index is 10.8. The molecule has 1 heterocycles. The number of anilines is 2. The Labute approximate surface area is 121 Å². The number of carboxylic acid groups (broad SMARTS) is 1. The van der Waals surface area contributed by atoms with Crippen LogP contribution < -0.4 is 5.32 Å². The molecule has 5 heteroatoms. The lowest BCUT2D eigenvalue weighted by atomic mass is 10.2. The number of aromatic nitrogens is 2. The van der Waals surface area contributed by atoms with E-state index < -0.39 is 5.97 Å². The average molecular weight is 279 g/mol. The zero-order valence-corrected chi connectivity index (χ0v) is 11.1. The predicted octanol–water partition coefficient (Wildman–Crippen LogP) is 3.31. The second-order valence-electron chi connectivity index (χ2n) is 4.52. The van der Waals surface area contributed by atoms with E-state index in [0.29, 0.717) is 0 Å². The summed E-state index contributed by atoms with van der Waals surface area (Å²) in [5.74, 6) is -0.983. The van der Waals surface area contributed by atoms with E-state index in [1.807, 2.05) is 54.6 Å². The topological polar surface area (TPSA) is 67.1 Å². The van der Waals surface area contributed by atoms with Gasteiger partial charge in [-0.05, 0) is 36.4 Å². The number of carboxylic acids is 1. The first-order chi connectivity index (χ1) is 10.2. The second-order valence-corrected chi connectivity index (χ2v) is 4.52. The van der Waals surface area contributed by atoms with E-state index in [1.165, 1.54) is 17.1 Å². The Morgan fingerprint density at radius 3 is 2.29 bits per heavy atom. The Hall–Kier alpha value is -3.08. The third-order valence-electron chi connectivity index (χ3n) is 3.02. The molecule has 0 amide bonds. The summed E-state index contributed by atoms with van der Waals surface area (Å²) in [6.07, 6.45) is 2.82. The molecule has 0 saturated carbocycles. The molecular weight excluding hydrogens is 266 g/mol. The zero-order chi connectivity index (χ0) is 14.7. The van der Waals surface area contributed by atoms with Crippen molar-refractivity contribution in [2.24, 2.45) is 0 Å². The first-order valence-electron chi connectivity index (χ1n) is 6.43. The highest BCUT2D eigenvalue weighted by Gasteiger charge is 2.06. The summed E-state index contributed by atoms with van der Waals surface area (Å²) in [7, 11) is 0. The van der Waals surface area contributed by atoms with Gasteiger partial charge in [0.2, 0.25) is 0 Å². The fourth-order valence-electron chi connectivity index (χ4n) is 1.96. The molecule has 2 aromatic carbocycles. The van der Waals surface area contributed by atoms with Gasteiger partial charge >= 0.3 is 5.97 Å². The van der Waals surface area contributed by atoms with E-state index in [4.69, 9.17) is 5.11 Å². The number of hydrogen-bond acceptors (Lipinski definition) is 3. The molecule has 104 valence electrons. The van der Waals surface area contributed by atoms with E-state index in [-0.39, 0.29) is 5.56 Å². The Kier molecular flexibility index (Phi) is 3.39. The van der Waals surface area contributed by atoms with E-state index in [1.54, 1.807) is 0 Å². The lowest BCUT2D eigenvalue weighted by molar-refractivity contribution is 0.0697. The third-order valence-corrected chi connectivity index (χ3v) is 3.02. The fraction of sp³-hybridized carbons (Fsp3) is 0. The summed E-state index contributed by atoms with van der Waals surface area (Å²) < 4.78 is 1.54. The molecule has 0 aliphatic carbocycles. The van der Waals surface area contributed by atoms with Crippen LogP contribution in [0.3, 0.4) is 0 Å². The van der Waals surface area contributed by atoms with Gasteiger partial charge in [0.25, 0.3) is 0 Å². The Morgan fingerprint density at radius 1 is 1.00 bits per heavy atom. The summed E-state index contributed by atoms with van der Waals surface area (Å²) in [6, 6.07) is 17.5. The van der Waals surface area contributed by atoms with Crippen molar-refractivity contribution < 1.29 is 9.90 Å². The van der Waals surface area contributed by atoms with E-state index in [2.05, 4.69) is 10.4 Å². The molecular formula is C16H13N3O2. The molecule has 0 radical (unpaired) electrons. The first kappa shape index (κ1) is 12.9. The van der Waals surface area contributed by atoms with Crippen LogP contribution >= 0.6 is 0 Å². The molecule has 0 aliphatic heterocycles. The van der Waals surface area contributed by atoms with Crippen LogP contribution in [0.5, 0.6) is 0 Å². The number of para-hydroxylation sites is 1. The van der Waals surface area contributed by atoms with Gasteiger partial charge in [-0.15, -0.1) is 0 Å². The number of nitrogens with zero attached hydrogens (tertiary/aromatic N) is 2. The Balaban J connectivity index is 1.78.